The summed E-state index contributed by atoms with van der Waals surface area (Å²) in [5.41, 5.74) is -0.0330. The first-order valence-corrected chi connectivity index (χ1v) is 13.4. The molecule has 1 fully saturated rings. The van der Waals surface area contributed by atoms with Gasteiger partial charge in [0.15, 0.2) is 0 Å². The zero-order valence-corrected chi connectivity index (χ0v) is 22.9. The van der Waals surface area contributed by atoms with Gasteiger partial charge in [0.2, 0.25) is 5.88 Å². The van der Waals surface area contributed by atoms with Crippen molar-refractivity contribution < 1.29 is 35.5 Å². The van der Waals surface area contributed by atoms with Gasteiger partial charge in [-0.25, -0.2) is 14.1 Å². The molecule has 3 heterocycles. The molecule has 5 rings (SSSR count). The quantitative estimate of drug-likeness (QED) is 0.216. The molecule has 0 unspecified atom stereocenters. The van der Waals surface area contributed by atoms with E-state index in [0.29, 0.717) is 5.56 Å². The predicted octanol–water partition coefficient (Wildman–Crippen LogP) is 7.85. The molecule has 0 atom stereocenters. The van der Waals surface area contributed by atoms with E-state index in [1.807, 2.05) is 13.0 Å². The minimum atomic E-state index is -4.91. The van der Waals surface area contributed by atoms with E-state index in [9.17, 15) is 35.5 Å². The van der Waals surface area contributed by atoms with E-state index in [-0.39, 0.29) is 28.7 Å². The smallest absolute Gasteiger partial charge is 0.388 e. The van der Waals surface area contributed by atoms with Gasteiger partial charge in [0, 0.05) is 29.6 Å². The van der Waals surface area contributed by atoms with Gasteiger partial charge >= 0.3 is 12.5 Å². The second-order valence-corrected chi connectivity index (χ2v) is 10.0. The van der Waals surface area contributed by atoms with Crippen molar-refractivity contribution >= 4 is 0 Å². The minimum Gasteiger partial charge on any atom is -0.388 e. The van der Waals surface area contributed by atoms with Crippen LogP contribution >= 0.6 is 0 Å². The number of rotatable bonds is 5. The molecule has 0 saturated heterocycles. The van der Waals surface area contributed by atoms with Crippen LogP contribution < -0.4 is 10.3 Å². The Balaban J connectivity index is 0.000000458. The summed E-state index contributed by atoms with van der Waals surface area (Å²) >= 11 is 0. The van der Waals surface area contributed by atoms with Gasteiger partial charge in [-0.2, -0.15) is 18.3 Å². The molecule has 13 heteroatoms. The van der Waals surface area contributed by atoms with Crippen LogP contribution in [0.25, 0.3) is 11.3 Å². The van der Waals surface area contributed by atoms with Crippen LogP contribution in [-0.2, 0) is 12.7 Å². The number of nitrogens with zero attached hydrogens (tertiary/aromatic N) is 4. The Morgan fingerprint density at radius 2 is 1.67 bits per heavy atom. The lowest BCUT2D eigenvalue weighted by molar-refractivity contribution is -0.276. The summed E-state index contributed by atoms with van der Waals surface area (Å²) in [5, 5.41) is 4.21. The number of halogens is 7. The molecule has 0 bridgehead atoms. The van der Waals surface area contributed by atoms with Crippen LogP contribution in [0.5, 0.6) is 5.88 Å². The van der Waals surface area contributed by atoms with Crippen molar-refractivity contribution in [3.8, 4) is 17.1 Å². The Hall–Kier alpha value is -4.29. The second-order valence-electron chi connectivity index (χ2n) is 10.0. The van der Waals surface area contributed by atoms with Gasteiger partial charge in [0.1, 0.15) is 5.82 Å². The summed E-state index contributed by atoms with van der Waals surface area (Å²) in [6.45, 7) is 1.34. The molecule has 0 spiro atoms. The molecule has 43 heavy (non-hydrogen) atoms. The Labute approximate surface area is 242 Å². The van der Waals surface area contributed by atoms with Gasteiger partial charge in [0.05, 0.1) is 23.5 Å². The van der Waals surface area contributed by atoms with E-state index in [1.54, 1.807) is 12.1 Å². The Morgan fingerprint density at radius 1 is 0.930 bits per heavy atom. The molecule has 0 aliphatic heterocycles. The highest BCUT2D eigenvalue weighted by molar-refractivity contribution is 5.58. The largest absolute Gasteiger partial charge is 0.574 e. The van der Waals surface area contributed by atoms with Crippen LogP contribution in [0.4, 0.5) is 30.7 Å². The van der Waals surface area contributed by atoms with Crippen molar-refractivity contribution in [3.05, 3.63) is 106 Å². The monoisotopic (exact) mass is 608 g/mol. The highest BCUT2D eigenvalue weighted by atomic mass is 19.4. The van der Waals surface area contributed by atoms with Crippen LogP contribution in [0.15, 0.2) is 71.8 Å². The number of ether oxygens (including phenoxy) is 1. The van der Waals surface area contributed by atoms with Crippen molar-refractivity contribution in [2.24, 2.45) is 0 Å². The fourth-order valence-electron chi connectivity index (χ4n) is 4.80. The zero-order chi connectivity index (χ0) is 31.2. The van der Waals surface area contributed by atoms with E-state index in [0.717, 1.165) is 66.7 Å². The number of hydrogen-bond acceptors (Lipinski definition) is 5. The lowest BCUT2D eigenvalue weighted by Crippen LogP contribution is -2.30. The van der Waals surface area contributed by atoms with Gasteiger partial charge in [-0.1, -0.05) is 31.4 Å². The number of hydrogen-bond donors (Lipinski definition) is 0. The molecular formula is C30H27F7N4O2. The Morgan fingerprint density at radius 3 is 2.26 bits per heavy atom. The number of benzene rings is 1. The van der Waals surface area contributed by atoms with Crippen molar-refractivity contribution in [1.29, 1.82) is 0 Å². The molecule has 1 saturated carbocycles. The maximum absolute atomic E-state index is 13.5. The number of aromatic nitrogens is 4. The lowest BCUT2D eigenvalue weighted by Gasteiger charge is -2.22. The predicted molar refractivity (Wildman–Crippen MR) is 144 cm³/mol. The lowest BCUT2D eigenvalue weighted by atomic mass is 9.84. The van der Waals surface area contributed by atoms with Gasteiger partial charge in [-0.3, -0.25) is 9.78 Å². The van der Waals surface area contributed by atoms with E-state index in [2.05, 4.69) is 19.8 Å². The molecule has 3 aromatic heterocycles. The third kappa shape index (κ3) is 8.85. The van der Waals surface area contributed by atoms with Crippen LogP contribution in [-0.4, -0.2) is 26.1 Å². The summed E-state index contributed by atoms with van der Waals surface area (Å²) in [4.78, 5) is 20.7. The van der Waals surface area contributed by atoms with Gasteiger partial charge in [0.25, 0.3) is 5.56 Å². The van der Waals surface area contributed by atoms with Gasteiger partial charge < -0.3 is 4.74 Å². The van der Waals surface area contributed by atoms with Gasteiger partial charge in [-0.15, -0.1) is 13.2 Å². The fraction of sp³-hybridized carbons (Fsp3) is 0.333. The first kappa shape index (κ1) is 31.6. The third-order valence-electron chi connectivity index (χ3n) is 6.77. The topological polar surface area (TPSA) is 69.9 Å². The average Bonchev–Trinajstić information content (AvgIpc) is 2.94. The molecule has 228 valence electrons. The van der Waals surface area contributed by atoms with Crippen LogP contribution in [0.3, 0.4) is 0 Å². The van der Waals surface area contributed by atoms with E-state index in [1.165, 1.54) is 24.4 Å². The number of alkyl halides is 6. The third-order valence-corrected chi connectivity index (χ3v) is 6.77. The fourth-order valence-corrected chi connectivity index (χ4v) is 4.80. The Kier molecular flexibility index (Phi) is 9.82. The molecule has 0 N–H and O–H groups in total. The summed E-state index contributed by atoms with van der Waals surface area (Å²) in [6, 6.07) is 12.4. The van der Waals surface area contributed by atoms with Crippen molar-refractivity contribution in [2.45, 2.75) is 64.0 Å². The molecule has 1 aliphatic rings. The standard InChI is InChI=1S/C23H20F6N4O2.C7H7F/c24-22(25,26)17-7-4-10-30-19(17)13-33-21(34)16(14-5-2-1-3-6-14)11-18(32-33)15-8-9-20(31-12-15)35-23(27,28)29;1-6-3-2-4-7(8)5-6/h4,7-12,14H,1-3,5-6,13H2;2-5H,1H3. The molecule has 0 amide bonds. The van der Waals surface area contributed by atoms with Gasteiger partial charge in [-0.05, 0) is 67.6 Å². The van der Waals surface area contributed by atoms with Crippen LogP contribution in [0, 0.1) is 12.7 Å². The molecule has 1 aliphatic carbocycles. The molecule has 1 aromatic carbocycles. The molecule has 6 nitrogen and oxygen atoms in total. The normalized spacial score (nSPS) is 14.1. The van der Waals surface area contributed by atoms with Crippen molar-refractivity contribution in [3.63, 3.8) is 0 Å². The molecular weight excluding hydrogens is 581 g/mol. The molecule has 0 radical (unpaired) electrons. The number of pyridine rings is 2. The average molecular weight is 609 g/mol. The van der Waals surface area contributed by atoms with Crippen molar-refractivity contribution in [1.82, 2.24) is 19.7 Å². The van der Waals surface area contributed by atoms with Crippen LogP contribution in [0.2, 0.25) is 0 Å². The van der Waals surface area contributed by atoms with Crippen molar-refractivity contribution in [2.75, 3.05) is 0 Å². The van der Waals surface area contributed by atoms with Crippen LogP contribution in [0.1, 0.15) is 60.4 Å². The summed E-state index contributed by atoms with van der Waals surface area (Å²) in [6.07, 6.45) is -2.95. The minimum absolute atomic E-state index is 0.101. The Bertz CT molecular complexity index is 1560. The number of aryl methyl sites for hydroxylation is 1. The van der Waals surface area contributed by atoms with E-state index >= 15 is 0 Å². The SMILES string of the molecule is Cc1cccc(F)c1.O=c1c(C2CCCCC2)cc(-c2ccc(OC(F)(F)F)nc2)nn1Cc1ncccc1C(F)(F)F. The first-order valence-electron chi connectivity index (χ1n) is 13.4. The highest BCUT2D eigenvalue weighted by Gasteiger charge is 2.34. The summed E-state index contributed by atoms with van der Waals surface area (Å²) in [5.74, 6) is -0.939. The molecule has 4 aromatic rings. The van der Waals surface area contributed by atoms with E-state index in [4.69, 9.17) is 0 Å². The maximum atomic E-state index is 13.5. The zero-order valence-electron chi connectivity index (χ0n) is 22.9. The summed E-state index contributed by atoms with van der Waals surface area (Å²) in [7, 11) is 0. The first-order chi connectivity index (χ1) is 20.3. The summed E-state index contributed by atoms with van der Waals surface area (Å²) < 4.78 is 94.6. The maximum Gasteiger partial charge on any atom is 0.574 e. The van der Waals surface area contributed by atoms with E-state index < -0.39 is 36.1 Å². The second kappa shape index (κ2) is 13.3. The highest BCUT2D eigenvalue weighted by Crippen LogP contribution is 2.34.